The van der Waals surface area contributed by atoms with Crippen molar-refractivity contribution in [3.63, 3.8) is 0 Å². The number of hydrogen-bond donors (Lipinski definition) is 0. The van der Waals surface area contributed by atoms with Crippen LogP contribution in [0.4, 0.5) is 0 Å². The molecule has 0 unspecified atom stereocenters. The minimum absolute atomic E-state index is 0.0195. The van der Waals surface area contributed by atoms with Crippen molar-refractivity contribution in [2.24, 2.45) is 0 Å². The summed E-state index contributed by atoms with van der Waals surface area (Å²) < 4.78 is 4.88. The Morgan fingerprint density at radius 2 is 2.50 bits per heavy atom. The lowest BCUT2D eigenvalue weighted by molar-refractivity contribution is 0.0990. The van der Waals surface area contributed by atoms with Gasteiger partial charge in [0.25, 0.3) is 0 Å². The van der Waals surface area contributed by atoms with Gasteiger partial charge in [-0.15, -0.1) is 11.6 Å². The van der Waals surface area contributed by atoms with Crippen molar-refractivity contribution in [3.8, 4) is 0 Å². The first-order chi connectivity index (χ1) is 4.75. The Labute approximate surface area is 63.8 Å². The van der Waals surface area contributed by atoms with Crippen LogP contribution in [0.5, 0.6) is 0 Å². The van der Waals surface area contributed by atoms with E-state index < -0.39 is 0 Å². The fourth-order valence-corrected chi connectivity index (χ4v) is 0.840. The van der Waals surface area contributed by atoms with Gasteiger partial charge < -0.3 is 4.42 Å². The summed E-state index contributed by atoms with van der Waals surface area (Å²) in [7, 11) is 0. The first-order valence-corrected chi connectivity index (χ1v) is 3.42. The van der Waals surface area contributed by atoms with Crippen LogP contribution < -0.4 is 0 Å². The highest BCUT2D eigenvalue weighted by Crippen LogP contribution is 2.09. The summed E-state index contributed by atoms with van der Waals surface area (Å²) in [5, 5.41) is 0. The molecule has 0 spiro atoms. The Morgan fingerprint density at radius 1 is 1.80 bits per heavy atom. The van der Waals surface area contributed by atoms with E-state index in [1.54, 1.807) is 6.07 Å². The third-order valence-electron chi connectivity index (χ3n) is 1.24. The van der Waals surface area contributed by atoms with Crippen molar-refractivity contribution in [2.75, 3.05) is 5.88 Å². The van der Waals surface area contributed by atoms with Crippen LogP contribution in [-0.2, 0) is 0 Å². The normalized spacial score (nSPS) is 9.80. The number of hydrogen-bond acceptors (Lipinski definition) is 2. The largest absolute Gasteiger partial charge is 0.461 e. The van der Waals surface area contributed by atoms with Crippen molar-refractivity contribution in [1.29, 1.82) is 0 Å². The number of carbonyl (C=O) groups excluding carboxylic acids is 1. The van der Waals surface area contributed by atoms with E-state index in [0.29, 0.717) is 5.76 Å². The molecule has 0 saturated carbocycles. The van der Waals surface area contributed by atoms with Gasteiger partial charge in [0.05, 0.1) is 12.1 Å². The summed E-state index contributed by atoms with van der Waals surface area (Å²) >= 11 is 5.31. The predicted molar refractivity (Wildman–Crippen MR) is 38.5 cm³/mol. The van der Waals surface area contributed by atoms with Crippen molar-refractivity contribution < 1.29 is 9.21 Å². The Bertz CT molecular complexity index is 240. The molecule has 0 N–H and O–H groups in total. The number of ketones is 1. The maximum absolute atomic E-state index is 10.9. The molecule has 3 heteroatoms. The van der Waals surface area contributed by atoms with E-state index in [9.17, 15) is 4.79 Å². The molecule has 0 saturated heterocycles. The highest BCUT2D eigenvalue weighted by atomic mass is 35.5. The van der Waals surface area contributed by atoms with Crippen molar-refractivity contribution in [3.05, 3.63) is 23.7 Å². The lowest BCUT2D eigenvalue weighted by Crippen LogP contribution is -1.99. The van der Waals surface area contributed by atoms with E-state index in [4.69, 9.17) is 16.0 Å². The van der Waals surface area contributed by atoms with Gasteiger partial charge in [-0.1, -0.05) is 0 Å². The number of halogens is 1. The molecule has 0 aromatic carbocycles. The number of Topliss-reactive ketones (excluding diaryl/α,β-unsaturated/α-hetero) is 1. The van der Waals surface area contributed by atoms with Crippen LogP contribution in [0.2, 0.25) is 0 Å². The monoisotopic (exact) mass is 158 g/mol. The lowest BCUT2D eigenvalue weighted by atomic mass is 10.2. The van der Waals surface area contributed by atoms with Gasteiger partial charge in [-0.25, -0.2) is 0 Å². The van der Waals surface area contributed by atoms with Gasteiger partial charge in [-0.05, 0) is 18.6 Å². The molecule has 0 radical (unpaired) electrons. The van der Waals surface area contributed by atoms with E-state index in [-0.39, 0.29) is 11.7 Å². The number of furan rings is 1. The molecule has 1 rings (SSSR count). The smallest absolute Gasteiger partial charge is 0.212 e. The first-order valence-electron chi connectivity index (χ1n) is 2.89. The Morgan fingerprint density at radius 3 is 2.90 bits per heavy atom. The summed E-state index contributed by atoms with van der Waals surface area (Å²) in [5.74, 6) is 0.188. The van der Waals surface area contributed by atoms with Gasteiger partial charge in [-0.2, -0.15) is 0 Å². The molecule has 1 aromatic rings. The van der Waals surface area contributed by atoms with Crippen molar-refractivity contribution in [1.82, 2.24) is 0 Å². The number of carbonyl (C=O) groups is 1. The van der Waals surface area contributed by atoms with E-state index in [1.807, 2.05) is 6.92 Å². The summed E-state index contributed by atoms with van der Waals surface area (Å²) in [5.41, 5.74) is 0.839. The first kappa shape index (κ1) is 7.35. The molecule has 1 aromatic heterocycles. The number of alkyl halides is 1. The molecule has 54 valence electrons. The summed E-state index contributed by atoms with van der Waals surface area (Å²) in [6.07, 6.45) is 1.48. The van der Waals surface area contributed by atoms with E-state index in [2.05, 4.69) is 0 Å². The van der Waals surface area contributed by atoms with E-state index in [0.717, 1.165) is 5.56 Å². The Hall–Kier alpha value is -0.760. The molecule has 10 heavy (non-hydrogen) atoms. The second-order valence-electron chi connectivity index (χ2n) is 1.99. The molecule has 0 aliphatic carbocycles. The molecular weight excluding hydrogens is 152 g/mol. The van der Waals surface area contributed by atoms with Crippen LogP contribution in [0, 0.1) is 6.92 Å². The van der Waals surface area contributed by atoms with Crippen LogP contribution in [0.25, 0.3) is 0 Å². The van der Waals surface area contributed by atoms with Crippen LogP contribution in [-0.4, -0.2) is 11.7 Å². The Balaban J connectivity index is 2.93. The van der Waals surface area contributed by atoms with Crippen LogP contribution in [0.15, 0.2) is 16.7 Å². The van der Waals surface area contributed by atoms with Crippen LogP contribution in [0.3, 0.4) is 0 Å². The highest BCUT2D eigenvalue weighted by Gasteiger charge is 2.09. The van der Waals surface area contributed by atoms with Gasteiger partial charge >= 0.3 is 0 Å². The fourth-order valence-electron chi connectivity index (χ4n) is 0.719. The highest BCUT2D eigenvalue weighted by molar-refractivity contribution is 6.30. The number of aryl methyl sites for hydroxylation is 1. The van der Waals surface area contributed by atoms with Gasteiger partial charge in [0.1, 0.15) is 0 Å². The minimum atomic E-state index is -0.163. The van der Waals surface area contributed by atoms with Gasteiger partial charge in [0, 0.05) is 0 Å². The maximum atomic E-state index is 10.9. The zero-order chi connectivity index (χ0) is 7.56. The zero-order valence-corrected chi connectivity index (χ0v) is 6.31. The molecule has 0 fully saturated rings. The third kappa shape index (κ3) is 1.21. The molecular formula is C7H7ClO2. The molecule has 0 bridgehead atoms. The van der Waals surface area contributed by atoms with Gasteiger partial charge in [-0.3, -0.25) is 4.79 Å². The SMILES string of the molecule is Cc1ccoc1C(=O)CCl. The molecule has 0 amide bonds. The molecule has 0 aliphatic heterocycles. The average molecular weight is 159 g/mol. The second kappa shape index (κ2) is 2.88. The zero-order valence-electron chi connectivity index (χ0n) is 5.56. The molecule has 2 nitrogen and oxygen atoms in total. The maximum Gasteiger partial charge on any atom is 0.212 e. The topological polar surface area (TPSA) is 30.2 Å². The third-order valence-corrected chi connectivity index (χ3v) is 1.48. The molecule has 1 heterocycles. The Kier molecular flexibility index (Phi) is 2.12. The standard InChI is InChI=1S/C7H7ClO2/c1-5-2-3-10-7(5)6(9)4-8/h2-3H,4H2,1H3. The van der Waals surface area contributed by atoms with Crippen LogP contribution >= 0.6 is 11.6 Å². The van der Waals surface area contributed by atoms with Crippen molar-refractivity contribution >= 4 is 17.4 Å². The van der Waals surface area contributed by atoms with Gasteiger partial charge in [0.15, 0.2) is 5.76 Å². The van der Waals surface area contributed by atoms with E-state index >= 15 is 0 Å². The van der Waals surface area contributed by atoms with Crippen molar-refractivity contribution in [2.45, 2.75) is 6.92 Å². The molecule has 0 aliphatic rings. The van der Waals surface area contributed by atoms with Gasteiger partial charge in [0.2, 0.25) is 5.78 Å². The summed E-state index contributed by atoms with van der Waals surface area (Å²) in [6, 6.07) is 1.74. The summed E-state index contributed by atoms with van der Waals surface area (Å²) in [4.78, 5) is 10.9. The van der Waals surface area contributed by atoms with Crippen LogP contribution in [0.1, 0.15) is 16.1 Å². The molecule has 0 atom stereocenters. The fraction of sp³-hybridized carbons (Fsp3) is 0.286. The van der Waals surface area contributed by atoms with E-state index in [1.165, 1.54) is 6.26 Å². The predicted octanol–water partition coefficient (Wildman–Crippen LogP) is 2.01. The lowest BCUT2D eigenvalue weighted by Gasteiger charge is -1.90. The summed E-state index contributed by atoms with van der Waals surface area (Å²) in [6.45, 7) is 1.81. The quantitative estimate of drug-likeness (QED) is 0.487. The average Bonchev–Trinajstić information content (AvgIpc) is 2.34. The minimum Gasteiger partial charge on any atom is -0.461 e. The second-order valence-corrected chi connectivity index (χ2v) is 2.26. The number of rotatable bonds is 2.